The second kappa shape index (κ2) is 7.22. The fourth-order valence-electron chi connectivity index (χ4n) is 3.25. The van der Waals surface area contributed by atoms with Crippen LogP contribution in [0.5, 0.6) is 5.75 Å². The molecule has 0 saturated heterocycles. The molecule has 3 rings (SSSR count). The minimum Gasteiger partial charge on any atom is -0.496 e. The molecule has 0 spiro atoms. The molecule has 3 aromatic rings. The highest BCUT2D eigenvalue weighted by molar-refractivity contribution is 5.98. The third-order valence-corrected chi connectivity index (χ3v) is 4.49. The smallest absolute Gasteiger partial charge is 0.249 e. The third-order valence-electron chi connectivity index (χ3n) is 4.49. The molecule has 0 fully saturated rings. The van der Waals surface area contributed by atoms with Crippen LogP contribution < -0.4 is 10.5 Å². The van der Waals surface area contributed by atoms with Crippen molar-refractivity contribution >= 4 is 5.91 Å². The number of ether oxygens (including phenoxy) is 1. The molecule has 0 aliphatic carbocycles. The number of benzene rings is 3. The van der Waals surface area contributed by atoms with Crippen LogP contribution >= 0.6 is 0 Å². The van der Waals surface area contributed by atoms with Crippen molar-refractivity contribution in [1.29, 1.82) is 0 Å². The quantitative estimate of drug-likeness (QED) is 0.742. The summed E-state index contributed by atoms with van der Waals surface area (Å²) in [4.78, 5) is 12.1. The van der Waals surface area contributed by atoms with Crippen molar-refractivity contribution in [2.75, 3.05) is 7.11 Å². The number of primary amides is 1. The summed E-state index contributed by atoms with van der Waals surface area (Å²) in [6.07, 6.45) is 0. The zero-order valence-corrected chi connectivity index (χ0v) is 14.4. The second-order valence-corrected chi connectivity index (χ2v) is 5.97. The summed E-state index contributed by atoms with van der Waals surface area (Å²) >= 11 is 0. The van der Waals surface area contributed by atoms with Crippen molar-refractivity contribution < 1.29 is 9.53 Å². The molecule has 1 unspecified atom stereocenters. The van der Waals surface area contributed by atoms with E-state index in [-0.39, 0.29) is 5.92 Å². The predicted molar refractivity (Wildman–Crippen MR) is 101 cm³/mol. The van der Waals surface area contributed by atoms with E-state index in [1.807, 2.05) is 54.6 Å². The van der Waals surface area contributed by atoms with Gasteiger partial charge in [-0.1, -0.05) is 67.6 Å². The Labute approximate surface area is 148 Å². The van der Waals surface area contributed by atoms with Gasteiger partial charge in [0, 0.05) is 17.0 Å². The molecule has 126 valence electrons. The first kappa shape index (κ1) is 16.8. The lowest BCUT2D eigenvalue weighted by atomic mass is 9.83. The Kier molecular flexibility index (Phi) is 4.85. The maximum Gasteiger partial charge on any atom is 0.249 e. The van der Waals surface area contributed by atoms with E-state index in [1.165, 1.54) is 0 Å². The molecular weight excluding hydrogens is 310 g/mol. The van der Waals surface area contributed by atoms with Gasteiger partial charge < -0.3 is 10.5 Å². The van der Waals surface area contributed by atoms with Crippen LogP contribution in [0.4, 0.5) is 0 Å². The maximum absolute atomic E-state index is 12.1. The van der Waals surface area contributed by atoms with Gasteiger partial charge in [-0.2, -0.15) is 0 Å². The molecule has 0 heterocycles. The first-order chi connectivity index (χ1) is 12.1. The lowest BCUT2D eigenvalue weighted by molar-refractivity contribution is 0.0999. The molecule has 0 aliphatic rings. The summed E-state index contributed by atoms with van der Waals surface area (Å²) in [6.45, 7) is 2.09. The highest BCUT2D eigenvalue weighted by atomic mass is 16.5. The Hall–Kier alpha value is -3.07. The molecule has 0 bridgehead atoms. The minimum absolute atomic E-state index is 0.00555. The first-order valence-corrected chi connectivity index (χ1v) is 8.24. The van der Waals surface area contributed by atoms with E-state index < -0.39 is 5.91 Å². The van der Waals surface area contributed by atoms with Crippen LogP contribution in [0.2, 0.25) is 0 Å². The number of hydrogen-bond acceptors (Lipinski definition) is 2. The summed E-state index contributed by atoms with van der Waals surface area (Å²) in [5.74, 6) is 0.292. The standard InChI is InChI=1S/C22H21NO2/c1-15(16-9-5-3-6-10-16)20-18(22(23)24)13-14-19(25-2)21(20)17-11-7-4-8-12-17/h3-15H,1-2H3,(H2,23,24). The third kappa shape index (κ3) is 3.26. The molecule has 3 aromatic carbocycles. The number of rotatable bonds is 5. The van der Waals surface area contributed by atoms with Gasteiger partial charge in [0.2, 0.25) is 5.91 Å². The number of hydrogen-bond donors (Lipinski definition) is 1. The van der Waals surface area contributed by atoms with E-state index in [1.54, 1.807) is 13.2 Å². The average Bonchev–Trinajstić information content (AvgIpc) is 2.67. The molecular formula is C22H21NO2. The number of carbonyl (C=O) groups excluding carboxylic acids is 1. The van der Waals surface area contributed by atoms with Crippen LogP contribution in [0.1, 0.15) is 34.3 Å². The summed E-state index contributed by atoms with van der Waals surface area (Å²) in [5, 5.41) is 0. The fraction of sp³-hybridized carbons (Fsp3) is 0.136. The normalized spacial score (nSPS) is 11.8. The van der Waals surface area contributed by atoms with E-state index in [0.717, 1.165) is 28.0 Å². The van der Waals surface area contributed by atoms with Gasteiger partial charge in [-0.05, 0) is 28.8 Å². The predicted octanol–water partition coefficient (Wildman–Crippen LogP) is 4.61. The van der Waals surface area contributed by atoms with Gasteiger partial charge in [0.25, 0.3) is 0 Å². The van der Waals surface area contributed by atoms with E-state index in [0.29, 0.717) is 5.56 Å². The van der Waals surface area contributed by atoms with Crippen molar-refractivity contribution in [3.05, 3.63) is 89.5 Å². The van der Waals surface area contributed by atoms with E-state index in [9.17, 15) is 4.79 Å². The molecule has 0 aromatic heterocycles. The van der Waals surface area contributed by atoms with Crippen molar-refractivity contribution in [1.82, 2.24) is 0 Å². The average molecular weight is 331 g/mol. The van der Waals surface area contributed by atoms with Gasteiger partial charge >= 0.3 is 0 Å². The Morgan fingerprint density at radius 3 is 2.08 bits per heavy atom. The summed E-state index contributed by atoms with van der Waals surface area (Å²) in [6, 6.07) is 23.6. The number of carbonyl (C=O) groups is 1. The molecule has 25 heavy (non-hydrogen) atoms. The van der Waals surface area contributed by atoms with Crippen LogP contribution in [0, 0.1) is 0 Å². The maximum atomic E-state index is 12.1. The number of methoxy groups -OCH3 is 1. The van der Waals surface area contributed by atoms with Gasteiger partial charge in [-0.15, -0.1) is 0 Å². The minimum atomic E-state index is -0.433. The molecule has 2 N–H and O–H groups in total. The van der Waals surface area contributed by atoms with Crippen LogP contribution in [0.25, 0.3) is 11.1 Å². The Balaban J connectivity index is 2.32. The van der Waals surface area contributed by atoms with Gasteiger partial charge in [-0.3, -0.25) is 4.79 Å². The summed E-state index contributed by atoms with van der Waals surface area (Å²) < 4.78 is 5.61. The fourth-order valence-corrected chi connectivity index (χ4v) is 3.25. The van der Waals surface area contributed by atoms with Crippen molar-refractivity contribution in [2.24, 2.45) is 5.73 Å². The Bertz CT molecular complexity index is 873. The topological polar surface area (TPSA) is 52.3 Å². The van der Waals surface area contributed by atoms with Crippen molar-refractivity contribution in [2.45, 2.75) is 12.8 Å². The zero-order valence-electron chi connectivity index (χ0n) is 14.4. The molecule has 0 aliphatic heterocycles. The molecule has 0 radical (unpaired) electrons. The van der Waals surface area contributed by atoms with E-state index in [2.05, 4.69) is 19.1 Å². The summed E-state index contributed by atoms with van der Waals surface area (Å²) in [7, 11) is 1.64. The lowest BCUT2D eigenvalue weighted by Gasteiger charge is -2.22. The molecule has 1 amide bonds. The first-order valence-electron chi connectivity index (χ1n) is 8.24. The Morgan fingerprint density at radius 1 is 0.920 bits per heavy atom. The molecule has 0 saturated carbocycles. The zero-order chi connectivity index (χ0) is 17.8. The molecule has 1 atom stereocenters. The van der Waals surface area contributed by atoms with Crippen LogP contribution in [0.3, 0.4) is 0 Å². The highest BCUT2D eigenvalue weighted by Gasteiger charge is 2.23. The molecule has 3 heteroatoms. The van der Waals surface area contributed by atoms with Gasteiger partial charge in [0.15, 0.2) is 0 Å². The number of amides is 1. The lowest BCUT2D eigenvalue weighted by Crippen LogP contribution is -2.16. The number of nitrogens with two attached hydrogens (primary N) is 1. The van der Waals surface area contributed by atoms with E-state index in [4.69, 9.17) is 10.5 Å². The van der Waals surface area contributed by atoms with Gasteiger partial charge in [0.05, 0.1) is 7.11 Å². The largest absolute Gasteiger partial charge is 0.496 e. The monoisotopic (exact) mass is 331 g/mol. The van der Waals surface area contributed by atoms with Crippen molar-refractivity contribution in [3.8, 4) is 16.9 Å². The second-order valence-electron chi connectivity index (χ2n) is 5.97. The van der Waals surface area contributed by atoms with Crippen LogP contribution in [0.15, 0.2) is 72.8 Å². The Morgan fingerprint density at radius 2 is 1.52 bits per heavy atom. The highest BCUT2D eigenvalue weighted by Crippen LogP contribution is 2.41. The summed E-state index contributed by atoms with van der Waals surface area (Å²) in [5.41, 5.74) is 10.1. The SMILES string of the molecule is COc1ccc(C(N)=O)c(C(C)c2ccccc2)c1-c1ccccc1. The van der Waals surface area contributed by atoms with Gasteiger partial charge in [-0.25, -0.2) is 0 Å². The van der Waals surface area contributed by atoms with Crippen LogP contribution in [-0.4, -0.2) is 13.0 Å². The van der Waals surface area contributed by atoms with Crippen LogP contribution in [-0.2, 0) is 0 Å². The van der Waals surface area contributed by atoms with Gasteiger partial charge in [0.1, 0.15) is 5.75 Å². The van der Waals surface area contributed by atoms with E-state index >= 15 is 0 Å². The van der Waals surface area contributed by atoms with Crippen molar-refractivity contribution in [3.63, 3.8) is 0 Å². The molecule has 3 nitrogen and oxygen atoms in total.